The number of carbonyl (C=O) groups excluding carboxylic acids is 1. The van der Waals surface area contributed by atoms with Crippen LogP contribution in [0.1, 0.15) is 40.2 Å². The molecule has 0 saturated carbocycles. The molecule has 6 aromatic rings. The number of aryl methyl sites for hydroxylation is 1. The van der Waals surface area contributed by atoms with Crippen molar-refractivity contribution in [3.8, 4) is 22.4 Å². The number of hydrogen-bond acceptors (Lipinski definition) is 7. The van der Waals surface area contributed by atoms with E-state index in [2.05, 4.69) is 74.6 Å². The summed E-state index contributed by atoms with van der Waals surface area (Å²) in [6, 6.07) is 27.1. The molecule has 0 unspecified atom stereocenters. The van der Waals surface area contributed by atoms with Gasteiger partial charge >= 0.3 is 5.97 Å². The maximum absolute atomic E-state index is 12.4. The summed E-state index contributed by atoms with van der Waals surface area (Å²) in [5, 5.41) is 5.60. The number of pyridine rings is 2. The lowest BCUT2D eigenvalue weighted by Gasteiger charge is -2.38. The van der Waals surface area contributed by atoms with Crippen LogP contribution in [0.15, 0.2) is 91.3 Å². The van der Waals surface area contributed by atoms with E-state index >= 15 is 0 Å². The molecule has 206 valence electrons. The number of likely N-dealkylation sites (tertiary alicyclic amines) is 1. The molecule has 6 heterocycles. The number of rotatable bonds is 4. The van der Waals surface area contributed by atoms with Crippen LogP contribution in [0.25, 0.3) is 39.1 Å². The minimum Gasteiger partial charge on any atom is -0.449 e. The third-order valence-corrected chi connectivity index (χ3v) is 8.54. The molecule has 0 atom stereocenters. The predicted octanol–water partition coefficient (Wildman–Crippen LogP) is 5.98. The number of esters is 1. The van der Waals surface area contributed by atoms with Crippen molar-refractivity contribution in [3.63, 3.8) is 0 Å². The van der Waals surface area contributed by atoms with Crippen molar-refractivity contribution < 1.29 is 9.53 Å². The number of carbonyl (C=O) groups is 1. The molecule has 0 amide bonds. The number of piperidine rings is 1. The fraction of sp³-hybridized carbons (Fsp3) is 0.206. The van der Waals surface area contributed by atoms with E-state index in [-0.39, 0.29) is 5.97 Å². The highest BCUT2D eigenvalue weighted by Crippen LogP contribution is 2.43. The van der Waals surface area contributed by atoms with E-state index < -0.39 is 5.60 Å². The van der Waals surface area contributed by atoms with Crippen molar-refractivity contribution >= 4 is 22.6 Å². The van der Waals surface area contributed by atoms with Crippen LogP contribution in [0.5, 0.6) is 0 Å². The summed E-state index contributed by atoms with van der Waals surface area (Å²) in [7, 11) is 0. The van der Waals surface area contributed by atoms with Crippen LogP contribution in [0.3, 0.4) is 0 Å². The lowest BCUT2D eigenvalue weighted by atomic mass is 9.85. The van der Waals surface area contributed by atoms with E-state index in [1.807, 2.05) is 41.9 Å². The number of hydrogen-bond donors (Lipinski definition) is 0. The molecule has 0 N–H and O–H groups in total. The quantitative estimate of drug-likeness (QED) is 0.249. The molecular formula is C34H28N6O2. The monoisotopic (exact) mass is 552 g/mol. The minimum atomic E-state index is -0.537. The minimum absolute atomic E-state index is 0.300. The SMILES string of the molecule is Cc1cc2ncc3cc(-c4ccccc4)c(-c4ccc(CN5CCC6(CC5)OC(=O)c5ncccc56)cc4)nc3n2n1. The Balaban J connectivity index is 1.08. The fourth-order valence-corrected chi connectivity index (χ4v) is 6.40. The van der Waals surface area contributed by atoms with Crippen LogP contribution >= 0.6 is 0 Å². The number of fused-ring (bicyclic) bond motifs is 5. The van der Waals surface area contributed by atoms with E-state index in [0.29, 0.717) is 5.69 Å². The van der Waals surface area contributed by atoms with E-state index in [1.165, 1.54) is 5.56 Å². The van der Waals surface area contributed by atoms with Gasteiger partial charge in [-0.3, -0.25) is 4.90 Å². The predicted molar refractivity (Wildman–Crippen MR) is 160 cm³/mol. The highest BCUT2D eigenvalue weighted by molar-refractivity contribution is 5.93. The molecule has 2 aromatic carbocycles. The lowest BCUT2D eigenvalue weighted by Crippen LogP contribution is -2.42. The first-order valence-electron chi connectivity index (χ1n) is 14.3. The van der Waals surface area contributed by atoms with Crippen LogP contribution in [-0.2, 0) is 16.9 Å². The molecule has 2 aliphatic rings. The Kier molecular flexibility index (Phi) is 5.65. The zero-order valence-corrected chi connectivity index (χ0v) is 23.2. The fourth-order valence-electron chi connectivity index (χ4n) is 6.40. The average Bonchev–Trinajstić information content (AvgIpc) is 3.55. The van der Waals surface area contributed by atoms with Crippen LogP contribution in [-0.4, -0.2) is 48.5 Å². The molecule has 2 aliphatic heterocycles. The lowest BCUT2D eigenvalue weighted by molar-refractivity contribution is -0.0441. The first kappa shape index (κ1) is 24.8. The summed E-state index contributed by atoms with van der Waals surface area (Å²) in [5.41, 5.74) is 8.72. The standard InChI is InChI=1S/C34H28N6O2/c1-22-18-29-36-20-26-19-27(24-6-3-2-4-7-24)30(37-32(26)40(29)38-22)25-11-9-23(10-12-25)21-39-16-13-34(14-17-39)28-8-5-15-35-31(28)33(41)42-34/h2-12,15,18-20H,13-14,16-17,21H2,1H3. The van der Waals surface area contributed by atoms with Gasteiger partial charge in [-0.05, 0) is 30.2 Å². The highest BCUT2D eigenvalue weighted by atomic mass is 16.6. The van der Waals surface area contributed by atoms with E-state index in [4.69, 9.17) is 9.72 Å². The zero-order valence-electron chi connectivity index (χ0n) is 23.2. The summed E-state index contributed by atoms with van der Waals surface area (Å²) in [6.45, 7) is 4.50. The van der Waals surface area contributed by atoms with Gasteiger partial charge in [-0.1, -0.05) is 60.7 Å². The van der Waals surface area contributed by atoms with Gasteiger partial charge < -0.3 is 4.74 Å². The molecule has 42 heavy (non-hydrogen) atoms. The molecular weight excluding hydrogens is 524 g/mol. The van der Waals surface area contributed by atoms with Crippen LogP contribution in [0, 0.1) is 6.92 Å². The summed E-state index contributed by atoms with van der Waals surface area (Å²) in [6.07, 6.45) is 5.08. The Hall–Kier alpha value is -4.95. The maximum Gasteiger partial charge on any atom is 0.358 e. The Labute approximate surface area is 242 Å². The van der Waals surface area contributed by atoms with Crippen molar-refractivity contribution in [1.29, 1.82) is 0 Å². The molecule has 1 spiro atoms. The molecule has 8 rings (SSSR count). The number of nitrogens with zero attached hydrogens (tertiary/aromatic N) is 6. The van der Waals surface area contributed by atoms with Crippen molar-refractivity contribution in [2.75, 3.05) is 13.1 Å². The van der Waals surface area contributed by atoms with Crippen LogP contribution < -0.4 is 0 Å². The normalized spacial score (nSPS) is 16.3. The van der Waals surface area contributed by atoms with Gasteiger partial charge in [0.2, 0.25) is 0 Å². The molecule has 4 aromatic heterocycles. The Morgan fingerprint density at radius 1 is 0.881 bits per heavy atom. The van der Waals surface area contributed by atoms with Gasteiger partial charge in [0.1, 0.15) is 5.60 Å². The first-order chi connectivity index (χ1) is 20.6. The second kappa shape index (κ2) is 9.56. The van der Waals surface area contributed by atoms with Crippen molar-refractivity contribution in [1.82, 2.24) is 29.5 Å². The summed E-state index contributed by atoms with van der Waals surface area (Å²) in [5.74, 6) is -0.300. The van der Waals surface area contributed by atoms with Gasteiger partial charge in [0, 0.05) is 73.0 Å². The Bertz CT molecular complexity index is 1980. The van der Waals surface area contributed by atoms with Crippen LogP contribution in [0.4, 0.5) is 0 Å². The third-order valence-electron chi connectivity index (χ3n) is 8.54. The molecule has 1 saturated heterocycles. The molecule has 0 bridgehead atoms. The Morgan fingerprint density at radius 2 is 1.69 bits per heavy atom. The molecule has 0 radical (unpaired) electrons. The summed E-state index contributed by atoms with van der Waals surface area (Å²) in [4.78, 5) is 28.9. The molecule has 0 aliphatic carbocycles. The Morgan fingerprint density at radius 3 is 2.50 bits per heavy atom. The maximum atomic E-state index is 12.4. The van der Waals surface area contributed by atoms with E-state index in [9.17, 15) is 4.79 Å². The van der Waals surface area contributed by atoms with Gasteiger partial charge in [-0.15, -0.1) is 0 Å². The number of ether oxygens (including phenoxy) is 1. The van der Waals surface area contributed by atoms with Crippen LogP contribution in [0.2, 0.25) is 0 Å². The molecule has 8 nitrogen and oxygen atoms in total. The zero-order chi connectivity index (χ0) is 28.3. The number of benzene rings is 2. The summed E-state index contributed by atoms with van der Waals surface area (Å²) < 4.78 is 7.71. The largest absolute Gasteiger partial charge is 0.449 e. The second-order valence-electron chi connectivity index (χ2n) is 11.2. The molecule has 8 heteroatoms. The van der Waals surface area contributed by atoms with Gasteiger partial charge in [0.25, 0.3) is 0 Å². The van der Waals surface area contributed by atoms with Crippen molar-refractivity contribution in [2.24, 2.45) is 0 Å². The third kappa shape index (κ3) is 4.06. The first-order valence-corrected chi connectivity index (χ1v) is 14.3. The number of aromatic nitrogens is 5. The van der Waals surface area contributed by atoms with Crippen molar-refractivity contribution in [2.45, 2.75) is 31.9 Å². The van der Waals surface area contributed by atoms with Gasteiger partial charge in [0.05, 0.1) is 11.4 Å². The van der Waals surface area contributed by atoms with Crippen molar-refractivity contribution in [3.05, 3.63) is 114 Å². The van der Waals surface area contributed by atoms with Gasteiger partial charge in [-0.2, -0.15) is 9.61 Å². The van der Waals surface area contributed by atoms with Gasteiger partial charge in [-0.25, -0.2) is 19.7 Å². The van der Waals surface area contributed by atoms with E-state index in [0.717, 1.165) is 82.8 Å². The second-order valence-corrected chi connectivity index (χ2v) is 11.2. The smallest absolute Gasteiger partial charge is 0.358 e. The van der Waals surface area contributed by atoms with Gasteiger partial charge in [0.15, 0.2) is 17.0 Å². The summed E-state index contributed by atoms with van der Waals surface area (Å²) >= 11 is 0. The highest BCUT2D eigenvalue weighted by Gasteiger charge is 2.48. The molecule has 1 fully saturated rings. The average molecular weight is 553 g/mol. The van der Waals surface area contributed by atoms with E-state index in [1.54, 1.807) is 6.20 Å². The topological polar surface area (TPSA) is 85.5 Å².